The molecule has 0 radical (unpaired) electrons. The predicted octanol–water partition coefficient (Wildman–Crippen LogP) is 2.28. The summed E-state index contributed by atoms with van der Waals surface area (Å²) in [5, 5.41) is 8.19. The molecule has 0 aliphatic carbocycles. The number of hydrogen-bond acceptors (Lipinski definition) is 2. The van der Waals surface area contributed by atoms with Crippen molar-refractivity contribution in [3.8, 4) is 11.8 Å². The molecule has 1 rings (SSSR count). The highest BCUT2D eigenvalue weighted by atomic mass is 15.4. The summed E-state index contributed by atoms with van der Waals surface area (Å²) in [6.07, 6.45) is 4.74. The van der Waals surface area contributed by atoms with Gasteiger partial charge in [-0.3, -0.25) is 4.68 Å². The zero-order valence-corrected chi connectivity index (χ0v) is 9.82. The van der Waals surface area contributed by atoms with Gasteiger partial charge in [0.1, 0.15) is 0 Å². The second-order valence-corrected chi connectivity index (χ2v) is 4.03. The lowest BCUT2D eigenvalue weighted by molar-refractivity contribution is 0.472. The second kappa shape index (κ2) is 6.23. The van der Waals surface area contributed by atoms with E-state index in [2.05, 4.69) is 42.9 Å². The Morgan fingerprint density at radius 1 is 1.40 bits per heavy atom. The van der Waals surface area contributed by atoms with E-state index in [1.807, 2.05) is 10.9 Å². The molecule has 0 bridgehead atoms. The zero-order valence-electron chi connectivity index (χ0n) is 9.82. The third-order valence-corrected chi connectivity index (χ3v) is 1.95. The molecule has 0 atom stereocenters. The van der Waals surface area contributed by atoms with E-state index < -0.39 is 0 Å². The van der Waals surface area contributed by atoms with E-state index in [0.29, 0.717) is 5.92 Å². The van der Waals surface area contributed by atoms with E-state index in [4.69, 9.17) is 0 Å². The van der Waals surface area contributed by atoms with Crippen LogP contribution in [0.25, 0.3) is 0 Å². The Kier molecular flexibility index (Phi) is 4.89. The predicted molar refractivity (Wildman–Crippen MR) is 61.2 cm³/mol. The molecule has 1 aromatic heterocycles. The highest BCUT2D eigenvalue weighted by Crippen LogP contribution is 2.01. The van der Waals surface area contributed by atoms with Crippen molar-refractivity contribution in [2.75, 3.05) is 0 Å². The molecule has 0 saturated carbocycles. The van der Waals surface area contributed by atoms with Crippen LogP contribution in [0.4, 0.5) is 0 Å². The molecule has 0 unspecified atom stereocenters. The van der Waals surface area contributed by atoms with Gasteiger partial charge in [0.05, 0.1) is 5.69 Å². The molecule has 0 fully saturated rings. The molecule has 0 aliphatic heterocycles. The quantitative estimate of drug-likeness (QED) is 0.706. The standard InChI is InChI=1S/C12H19N3/c1-4-5-6-7-8-12-10-15(14-13-12)9-11(2)3/h10-11H,4,7-9H2,1-3H3. The van der Waals surface area contributed by atoms with E-state index in [9.17, 15) is 0 Å². The lowest BCUT2D eigenvalue weighted by Gasteiger charge is -2.01. The molecule has 1 heterocycles. The summed E-state index contributed by atoms with van der Waals surface area (Å²) < 4.78 is 1.91. The lowest BCUT2D eigenvalue weighted by Crippen LogP contribution is -2.04. The Labute approximate surface area is 91.9 Å². The Balaban J connectivity index is 2.39. The van der Waals surface area contributed by atoms with Crippen molar-refractivity contribution >= 4 is 0 Å². The maximum Gasteiger partial charge on any atom is 0.0836 e. The summed E-state index contributed by atoms with van der Waals surface area (Å²) in [6, 6.07) is 0. The fraction of sp³-hybridized carbons (Fsp3) is 0.667. The smallest absolute Gasteiger partial charge is 0.0836 e. The summed E-state index contributed by atoms with van der Waals surface area (Å²) in [5.74, 6) is 6.77. The third kappa shape index (κ3) is 4.64. The van der Waals surface area contributed by atoms with Gasteiger partial charge < -0.3 is 0 Å². The van der Waals surface area contributed by atoms with Gasteiger partial charge in [0, 0.05) is 32.0 Å². The van der Waals surface area contributed by atoms with Gasteiger partial charge in [0.15, 0.2) is 0 Å². The van der Waals surface area contributed by atoms with Crippen LogP contribution in [0.3, 0.4) is 0 Å². The van der Waals surface area contributed by atoms with Gasteiger partial charge in [-0.05, 0) is 5.92 Å². The minimum atomic E-state index is 0.611. The van der Waals surface area contributed by atoms with Crippen LogP contribution in [-0.2, 0) is 13.0 Å². The van der Waals surface area contributed by atoms with Crippen molar-refractivity contribution in [2.24, 2.45) is 5.92 Å². The van der Waals surface area contributed by atoms with Gasteiger partial charge in [-0.2, -0.15) is 0 Å². The number of rotatable bonds is 4. The van der Waals surface area contributed by atoms with E-state index in [1.165, 1.54) is 0 Å². The fourth-order valence-electron chi connectivity index (χ4n) is 1.32. The SMILES string of the molecule is CCC#CCCc1cn(CC(C)C)nn1. The van der Waals surface area contributed by atoms with Crippen molar-refractivity contribution < 1.29 is 0 Å². The van der Waals surface area contributed by atoms with Gasteiger partial charge in [-0.1, -0.05) is 26.0 Å². The van der Waals surface area contributed by atoms with E-state index >= 15 is 0 Å². The summed E-state index contributed by atoms with van der Waals surface area (Å²) in [4.78, 5) is 0. The van der Waals surface area contributed by atoms with Crippen LogP contribution in [0.15, 0.2) is 6.20 Å². The fourth-order valence-corrected chi connectivity index (χ4v) is 1.32. The van der Waals surface area contributed by atoms with Crippen LogP contribution in [0.2, 0.25) is 0 Å². The highest BCUT2D eigenvalue weighted by molar-refractivity contribution is 5.02. The first-order chi connectivity index (χ1) is 7.22. The molecule has 0 amide bonds. The normalized spacial score (nSPS) is 10.1. The molecule has 82 valence electrons. The minimum absolute atomic E-state index is 0.611. The molecule has 0 aromatic carbocycles. The van der Waals surface area contributed by atoms with E-state index in [-0.39, 0.29) is 0 Å². The molecule has 0 spiro atoms. The van der Waals surface area contributed by atoms with Crippen LogP contribution < -0.4 is 0 Å². The Hall–Kier alpha value is -1.30. The van der Waals surface area contributed by atoms with Crippen molar-refractivity contribution in [1.29, 1.82) is 0 Å². The van der Waals surface area contributed by atoms with Crippen molar-refractivity contribution in [3.63, 3.8) is 0 Å². The first-order valence-electron chi connectivity index (χ1n) is 5.57. The van der Waals surface area contributed by atoms with Gasteiger partial charge in [0.2, 0.25) is 0 Å². The molecule has 15 heavy (non-hydrogen) atoms. The van der Waals surface area contributed by atoms with Crippen LogP contribution in [0.5, 0.6) is 0 Å². The van der Waals surface area contributed by atoms with Crippen molar-refractivity contribution in [3.05, 3.63) is 11.9 Å². The van der Waals surface area contributed by atoms with Crippen LogP contribution in [-0.4, -0.2) is 15.0 Å². The maximum absolute atomic E-state index is 4.11. The maximum atomic E-state index is 4.11. The summed E-state index contributed by atoms with van der Waals surface area (Å²) in [5.41, 5.74) is 1.04. The molecule has 0 N–H and O–H groups in total. The molecule has 3 nitrogen and oxygen atoms in total. The average Bonchev–Trinajstić information content (AvgIpc) is 2.59. The highest BCUT2D eigenvalue weighted by Gasteiger charge is 2.01. The number of nitrogens with zero attached hydrogens (tertiary/aromatic N) is 3. The first kappa shape index (κ1) is 11.8. The number of aryl methyl sites for hydroxylation is 1. The Morgan fingerprint density at radius 3 is 2.87 bits per heavy atom. The van der Waals surface area contributed by atoms with E-state index in [1.54, 1.807) is 0 Å². The molecule has 0 saturated heterocycles. The van der Waals surface area contributed by atoms with Crippen molar-refractivity contribution in [2.45, 2.75) is 46.6 Å². The molecular formula is C12H19N3. The minimum Gasteiger partial charge on any atom is -0.252 e. The van der Waals surface area contributed by atoms with Gasteiger partial charge in [-0.15, -0.1) is 16.9 Å². The number of aromatic nitrogens is 3. The molecular weight excluding hydrogens is 186 g/mol. The van der Waals surface area contributed by atoms with Gasteiger partial charge in [-0.25, -0.2) is 0 Å². The van der Waals surface area contributed by atoms with Gasteiger partial charge >= 0.3 is 0 Å². The monoisotopic (exact) mass is 205 g/mol. The second-order valence-electron chi connectivity index (χ2n) is 4.03. The molecule has 0 aliphatic rings. The Morgan fingerprint density at radius 2 is 2.20 bits per heavy atom. The largest absolute Gasteiger partial charge is 0.252 e. The molecule has 1 aromatic rings. The van der Waals surface area contributed by atoms with Crippen LogP contribution in [0, 0.1) is 17.8 Å². The average molecular weight is 205 g/mol. The lowest BCUT2D eigenvalue weighted by atomic mass is 10.2. The Bertz CT molecular complexity index is 341. The first-order valence-corrected chi connectivity index (χ1v) is 5.57. The summed E-state index contributed by atoms with van der Waals surface area (Å²) in [7, 11) is 0. The summed E-state index contributed by atoms with van der Waals surface area (Å²) in [6.45, 7) is 7.35. The van der Waals surface area contributed by atoms with Crippen molar-refractivity contribution in [1.82, 2.24) is 15.0 Å². The summed E-state index contributed by atoms with van der Waals surface area (Å²) >= 11 is 0. The molecule has 3 heteroatoms. The van der Waals surface area contributed by atoms with E-state index in [0.717, 1.165) is 31.5 Å². The van der Waals surface area contributed by atoms with Gasteiger partial charge in [0.25, 0.3) is 0 Å². The third-order valence-electron chi connectivity index (χ3n) is 1.95. The zero-order chi connectivity index (χ0) is 11.1. The topological polar surface area (TPSA) is 30.7 Å². The van der Waals surface area contributed by atoms with Crippen LogP contribution in [0.1, 0.15) is 39.3 Å². The number of hydrogen-bond donors (Lipinski definition) is 0. The van der Waals surface area contributed by atoms with Crippen LogP contribution >= 0.6 is 0 Å².